The van der Waals surface area contributed by atoms with Crippen molar-refractivity contribution in [3.8, 4) is 0 Å². The van der Waals surface area contributed by atoms with E-state index < -0.39 is 21.9 Å². The smallest absolute Gasteiger partial charge is 0.337 e. The zero-order valence-electron chi connectivity index (χ0n) is 18.1. The van der Waals surface area contributed by atoms with Gasteiger partial charge in [0.2, 0.25) is 0 Å². The van der Waals surface area contributed by atoms with Gasteiger partial charge in [-0.05, 0) is 43.3 Å². The van der Waals surface area contributed by atoms with Crippen molar-refractivity contribution in [3.63, 3.8) is 0 Å². The Morgan fingerprint density at radius 1 is 1.15 bits per heavy atom. The summed E-state index contributed by atoms with van der Waals surface area (Å²) in [7, 11) is -2.55. The van der Waals surface area contributed by atoms with Gasteiger partial charge in [0, 0.05) is 23.8 Å². The number of aliphatic hydroxyl groups is 1. The maximum Gasteiger partial charge on any atom is 0.337 e. The molecule has 33 heavy (non-hydrogen) atoms. The zero-order chi connectivity index (χ0) is 23.8. The third kappa shape index (κ3) is 4.10. The van der Waals surface area contributed by atoms with Crippen LogP contribution in [0.15, 0.2) is 70.9 Å². The van der Waals surface area contributed by atoms with Crippen LogP contribution in [0.1, 0.15) is 5.56 Å². The van der Waals surface area contributed by atoms with Crippen LogP contribution in [0.2, 0.25) is 0 Å². The SMILES string of the molecule is COC(=O)C1=C(Nc2ccc3c(ccn3S(=O)(=O)c3ccc(C)cc3)c2)C(=O)N(CCO)C1. The number of hydrogen-bond donors (Lipinski definition) is 2. The molecule has 3 aromatic rings. The molecule has 0 spiro atoms. The van der Waals surface area contributed by atoms with Gasteiger partial charge in [0.05, 0.1) is 36.2 Å². The van der Waals surface area contributed by atoms with Gasteiger partial charge >= 0.3 is 5.97 Å². The van der Waals surface area contributed by atoms with E-state index in [0.29, 0.717) is 16.6 Å². The minimum absolute atomic E-state index is 0.0296. The number of methoxy groups -OCH3 is 1. The monoisotopic (exact) mass is 469 g/mol. The van der Waals surface area contributed by atoms with E-state index in [1.165, 1.54) is 22.2 Å². The Morgan fingerprint density at radius 3 is 2.55 bits per heavy atom. The summed E-state index contributed by atoms with van der Waals surface area (Å²) in [6, 6.07) is 13.2. The van der Waals surface area contributed by atoms with Crippen LogP contribution in [0.5, 0.6) is 0 Å². The number of esters is 1. The fraction of sp³-hybridized carbons (Fsp3) is 0.217. The molecular weight excluding hydrogens is 446 g/mol. The Labute approximate surface area is 190 Å². The molecule has 2 aromatic carbocycles. The molecule has 1 aliphatic rings. The summed E-state index contributed by atoms with van der Waals surface area (Å²) in [5, 5.41) is 12.8. The number of nitrogens with zero attached hydrogens (tertiary/aromatic N) is 2. The minimum atomic E-state index is -3.78. The Morgan fingerprint density at radius 2 is 1.88 bits per heavy atom. The summed E-state index contributed by atoms with van der Waals surface area (Å²) in [6.07, 6.45) is 1.48. The second kappa shape index (κ2) is 8.72. The minimum Gasteiger partial charge on any atom is -0.466 e. The van der Waals surface area contributed by atoms with Crippen LogP contribution in [0, 0.1) is 6.92 Å². The standard InChI is InChI=1S/C23H23N3O6S/c1-15-3-6-18(7-4-15)33(30,31)26-10-9-16-13-17(5-8-20(16)26)24-21-19(23(29)32-2)14-25(11-12-27)22(21)28/h3-10,13,24,27H,11-12,14H2,1-2H3. The molecule has 0 radical (unpaired) electrons. The second-order valence-corrected chi connectivity index (χ2v) is 9.44. The van der Waals surface area contributed by atoms with E-state index in [9.17, 15) is 23.1 Å². The summed E-state index contributed by atoms with van der Waals surface area (Å²) in [4.78, 5) is 26.4. The van der Waals surface area contributed by atoms with Crippen molar-refractivity contribution in [2.45, 2.75) is 11.8 Å². The predicted molar refractivity (Wildman–Crippen MR) is 122 cm³/mol. The first-order chi connectivity index (χ1) is 15.8. The highest BCUT2D eigenvalue weighted by Crippen LogP contribution is 2.28. The molecule has 10 heteroatoms. The molecule has 2 N–H and O–H groups in total. The van der Waals surface area contributed by atoms with Crippen LogP contribution < -0.4 is 5.32 Å². The lowest BCUT2D eigenvalue weighted by Gasteiger charge is -2.15. The summed E-state index contributed by atoms with van der Waals surface area (Å²) in [5.41, 5.74) is 2.17. The lowest BCUT2D eigenvalue weighted by molar-refractivity contribution is -0.136. The molecule has 2 heterocycles. The van der Waals surface area contributed by atoms with Gasteiger partial charge in [0.1, 0.15) is 5.70 Å². The van der Waals surface area contributed by atoms with Crippen LogP contribution in [-0.2, 0) is 24.3 Å². The topological polar surface area (TPSA) is 118 Å². The molecule has 1 aliphatic heterocycles. The van der Waals surface area contributed by atoms with Gasteiger partial charge in [-0.2, -0.15) is 0 Å². The fourth-order valence-corrected chi connectivity index (χ4v) is 5.07. The van der Waals surface area contributed by atoms with Crippen LogP contribution in [0.25, 0.3) is 10.9 Å². The number of β-amino-alcohol motifs (C(OH)–C–C–N with tert-alkyl or cyclic N) is 1. The van der Waals surface area contributed by atoms with Crippen molar-refractivity contribution >= 4 is 38.5 Å². The van der Waals surface area contributed by atoms with Crippen molar-refractivity contribution in [1.82, 2.24) is 8.87 Å². The molecule has 1 aromatic heterocycles. The van der Waals surface area contributed by atoms with Crippen molar-refractivity contribution in [2.75, 3.05) is 32.1 Å². The maximum atomic E-state index is 13.1. The van der Waals surface area contributed by atoms with Gasteiger partial charge in [-0.25, -0.2) is 17.2 Å². The third-order valence-electron chi connectivity index (χ3n) is 5.46. The Hall–Kier alpha value is -3.63. The highest BCUT2D eigenvalue weighted by atomic mass is 32.2. The van der Waals surface area contributed by atoms with E-state index in [2.05, 4.69) is 5.32 Å². The van der Waals surface area contributed by atoms with Gasteiger partial charge in [-0.1, -0.05) is 17.7 Å². The number of fused-ring (bicyclic) bond motifs is 1. The van der Waals surface area contributed by atoms with Crippen LogP contribution in [-0.4, -0.2) is 61.1 Å². The molecule has 0 unspecified atom stereocenters. The summed E-state index contributed by atoms with van der Waals surface area (Å²) in [6.45, 7) is 1.77. The number of hydrogen-bond acceptors (Lipinski definition) is 7. The van der Waals surface area contributed by atoms with Gasteiger partial charge in [-0.15, -0.1) is 0 Å². The van der Waals surface area contributed by atoms with E-state index >= 15 is 0 Å². The number of aryl methyl sites for hydroxylation is 1. The van der Waals surface area contributed by atoms with E-state index in [-0.39, 0.29) is 35.9 Å². The van der Waals surface area contributed by atoms with E-state index in [0.717, 1.165) is 5.56 Å². The average molecular weight is 470 g/mol. The number of nitrogens with one attached hydrogen (secondary N) is 1. The zero-order valence-corrected chi connectivity index (χ0v) is 18.9. The first kappa shape index (κ1) is 22.6. The Bertz CT molecular complexity index is 1370. The number of rotatable bonds is 7. The Kier molecular flexibility index (Phi) is 5.96. The third-order valence-corrected chi connectivity index (χ3v) is 7.16. The Balaban J connectivity index is 1.68. The number of amides is 1. The van der Waals surface area contributed by atoms with Crippen molar-refractivity contribution < 1.29 is 27.9 Å². The average Bonchev–Trinajstić information content (AvgIpc) is 3.36. The normalized spacial score (nSPS) is 14.3. The largest absolute Gasteiger partial charge is 0.466 e. The number of benzene rings is 2. The molecule has 9 nitrogen and oxygen atoms in total. The molecule has 172 valence electrons. The van der Waals surface area contributed by atoms with Crippen molar-refractivity contribution in [3.05, 3.63) is 71.6 Å². The summed E-state index contributed by atoms with van der Waals surface area (Å²) >= 11 is 0. The summed E-state index contributed by atoms with van der Waals surface area (Å²) < 4.78 is 32.2. The second-order valence-electron chi connectivity index (χ2n) is 7.62. The lowest BCUT2D eigenvalue weighted by Crippen LogP contribution is -2.31. The number of carbonyl (C=O) groups is 2. The van der Waals surface area contributed by atoms with Crippen molar-refractivity contribution in [2.24, 2.45) is 0 Å². The quantitative estimate of drug-likeness (QED) is 0.507. The van der Waals surface area contributed by atoms with Crippen molar-refractivity contribution in [1.29, 1.82) is 0 Å². The van der Waals surface area contributed by atoms with E-state index in [1.807, 2.05) is 6.92 Å². The molecule has 0 atom stereocenters. The number of ether oxygens (including phenoxy) is 1. The predicted octanol–water partition coefficient (Wildman–Crippen LogP) is 1.86. The number of anilines is 1. The molecule has 0 saturated heterocycles. The first-order valence-corrected chi connectivity index (χ1v) is 11.6. The molecule has 0 bridgehead atoms. The first-order valence-electron chi connectivity index (χ1n) is 10.2. The maximum absolute atomic E-state index is 13.1. The highest BCUT2D eigenvalue weighted by Gasteiger charge is 2.34. The molecule has 0 fully saturated rings. The number of carbonyl (C=O) groups excluding carboxylic acids is 2. The molecule has 1 amide bonds. The van der Waals surface area contributed by atoms with Crippen LogP contribution in [0.3, 0.4) is 0 Å². The fourth-order valence-electron chi connectivity index (χ4n) is 3.72. The highest BCUT2D eigenvalue weighted by molar-refractivity contribution is 7.90. The number of aromatic nitrogens is 1. The molecule has 4 rings (SSSR count). The number of aliphatic hydroxyl groups excluding tert-OH is 1. The summed E-state index contributed by atoms with van der Waals surface area (Å²) in [5.74, 6) is -1.06. The van der Waals surface area contributed by atoms with Gasteiger partial charge in [-0.3, -0.25) is 4.79 Å². The van der Waals surface area contributed by atoms with Gasteiger partial charge in [0.15, 0.2) is 0 Å². The van der Waals surface area contributed by atoms with Gasteiger partial charge in [0.25, 0.3) is 15.9 Å². The lowest BCUT2D eigenvalue weighted by atomic mass is 10.2. The molecular formula is C23H23N3O6S. The molecule has 0 aliphatic carbocycles. The molecule has 0 saturated carbocycles. The van der Waals surface area contributed by atoms with Gasteiger partial charge < -0.3 is 20.1 Å². The van der Waals surface area contributed by atoms with Crippen LogP contribution >= 0.6 is 0 Å². The van der Waals surface area contributed by atoms with Crippen LogP contribution in [0.4, 0.5) is 5.69 Å². The van der Waals surface area contributed by atoms with E-state index in [1.54, 1.807) is 48.5 Å². The van der Waals surface area contributed by atoms with E-state index in [4.69, 9.17) is 4.74 Å².